The molecule has 4 nitrogen and oxygen atoms in total. The SMILES string of the molecule is Cc1ccc(S[C@@H](C)C(=O)N/N=C\c2cc(C)n(-c3ccc(C)cc3)c2C)cc1. The molecule has 0 spiro atoms. The summed E-state index contributed by atoms with van der Waals surface area (Å²) in [5, 5.41) is 3.96. The fourth-order valence-electron chi connectivity index (χ4n) is 3.14. The highest BCUT2D eigenvalue weighted by molar-refractivity contribution is 8.00. The van der Waals surface area contributed by atoms with Crippen molar-refractivity contribution in [1.29, 1.82) is 0 Å². The van der Waals surface area contributed by atoms with E-state index < -0.39 is 0 Å². The summed E-state index contributed by atoms with van der Waals surface area (Å²) in [4.78, 5) is 13.4. The molecule has 0 saturated heterocycles. The van der Waals surface area contributed by atoms with E-state index in [0.717, 1.165) is 27.5 Å². The van der Waals surface area contributed by atoms with E-state index in [9.17, 15) is 4.79 Å². The number of hydrazone groups is 1. The van der Waals surface area contributed by atoms with Crippen LogP contribution in [0.2, 0.25) is 0 Å². The molecule has 2 aromatic carbocycles. The average molecular weight is 406 g/mol. The van der Waals surface area contributed by atoms with Gasteiger partial charge in [0, 0.05) is 27.5 Å². The third-order valence-corrected chi connectivity index (χ3v) is 5.96. The van der Waals surface area contributed by atoms with E-state index in [1.54, 1.807) is 6.21 Å². The Morgan fingerprint density at radius 1 is 1.00 bits per heavy atom. The van der Waals surface area contributed by atoms with E-state index in [1.165, 1.54) is 22.9 Å². The van der Waals surface area contributed by atoms with E-state index in [0.29, 0.717) is 0 Å². The van der Waals surface area contributed by atoms with Gasteiger partial charge in [-0.25, -0.2) is 5.43 Å². The van der Waals surface area contributed by atoms with Gasteiger partial charge < -0.3 is 4.57 Å². The number of thioether (sulfide) groups is 1. The smallest absolute Gasteiger partial charge is 0.253 e. The second-order valence-corrected chi connectivity index (χ2v) is 8.72. The van der Waals surface area contributed by atoms with E-state index >= 15 is 0 Å². The highest BCUT2D eigenvalue weighted by Crippen LogP contribution is 2.23. The van der Waals surface area contributed by atoms with Crippen LogP contribution in [0.1, 0.15) is 35.0 Å². The summed E-state index contributed by atoms with van der Waals surface area (Å²) >= 11 is 1.52. The topological polar surface area (TPSA) is 46.4 Å². The van der Waals surface area contributed by atoms with Gasteiger partial charge >= 0.3 is 0 Å². The Balaban J connectivity index is 1.65. The third kappa shape index (κ3) is 5.18. The normalized spacial score (nSPS) is 12.3. The average Bonchev–Trinajstić information content (AvgIpc) is 2.97. The van der Waals surface area contributed by atoms with Crippen molar-refractivity contribution in [3.8, 4) is 5.69 Å². The summed E-state index contributed by atoms with van der Waals surface area (Å²) in [5.41, 5.74) is 9.44. The summed E-state index contributed by atoms with van der Waals surface area (Å²) in [7, 11) is 0. The van der Waals surface area contributed by atoms with Gasteiger partial charge in [0.25, 0.3) is 5.91 Å². The summed E-state index contributed by atoms with van der Waals surface area (Å²) < 4.78 is 2.19. The number of rotatable bonds is 6. The van der Waals surface area contributed by atoms with Gasteiger partial charge in [-0.2, -0.15) is 5.10 Å². The van der Waals surface area contributed by atoms with Crippen LogP contribution in [-0.2, 0) is 4.79 Å². The van der Waals surface area contributed by atoms with Crippen LogP contribution in [0.15, 0.2) is 64.6 Å². The fraction of sp³-hybridized carbons (Fsp3) is 0.250. The molecule has 0 aliphatic heterocycles. The van der Waals surface area contributed by atoms with Gasteiger partial charge in [-0.15, -0.1) is 11.8 Å². The van der Waals surface area contributed by atoms with Crippen LogP contribution < -0.4 is 5.43 Å². The highest BCUT2D eigenvalue weighted by atomic mass is 32.2. The molecule has 3 aromatic rings. The number of carbonyl (C=O) groups is 1. The molecule has 29 heavy (non-hydrogen) atoms. The van der Waals surface area contributed by atoms with E-state index in [4.69, 9.17) is 0 Å². The van der Waals surface area contributed by atoms with Crippen molar-refractivity contribution >= 4 is 23.9 Å². The maximum atomic E-state index is 12.4. The van der Waals surface area contributed by atoms with Gasteiger partial charge in [0.15, 0.2) is 0 Å². The van der Waals surface area contributed by atoms with E-state index in [1.807, 2.05) is 19.1 Å². The van der Waals surface area contributed by atoms with Gasteiger partial charge in [0.2, 0.25) is 0 Å². The van der Waals surface area contributed by atoms with Crippen LogP contribution in [0.4, 0.5) is 0 Å². The number of nitrogens with one attached hydrogen (secondary N) is 1. The number of carbonyl (C=O) groups excluding carboxylic acids is 1. The van der Waals surface area contributed by atoms with E-state index in [-0.39, 0.29) is 11.2 Å². The molecule has 1 heterocycles. The summed E-state index contributed by atoms with van der Waals surface area (Å²) in [6.07, 6.45) is 1.72. The maximum Gasteiger partial charge on any atom is 0.253 e. The van der Waals surface area contributed by atoms with Crippen LogP contribution in [0, 0.1) is 27.7 Å². The number of amides is 1. The largest absolute Gasteiger partial charge is 0.318 e. The molecule has 0 unspecified atom stereocenters. The minimum atomic E-state index is -0.227. The third-order valence-electron chi connectivity index (χ3n) is 4.84. The first kappa shape index (κ1) is 20.9. The molecular formula is C24H27N3OS. The first-order valence-corrected chi connectivity index (χ1v) is 10.6. The molecule has 1 aromatic heterocycles. The molecule has 1 amide bonds. The summed E-state index contributed by atoms with van der Waals surface area (Å²) in [6, 6.07) is 18.7. The molecule has 3 rings (SSSR count). The van der Waals surface area contributed by atoms with Gasteiger partial charge in [-0.1, -0.05) is 35.4 Å². The molecule has 1 atom stereocenters. The number of aryl methyl sites for hydroxylation is 3. The van der Waals surface area contributed by atoms with Crippen LogP contribution in [0.3, 0.4) is 0 Å². The predicted octanol–water partition coefficient (Wildman–Crippen LogP) is 5.34. The summed E-state index contributed by atoms with van der Waals surface area (Å²) in [5.74, 6) is -0.112. The molecule has 0 fully saturated rings. The number of hydrogen-bond acceptors (Lipinski definition) is 3. The zero-order chi connectivity index (χ0) is 21.0. The van der Waals surface area contributed by atoms with Crippen molar-refractivity contribution in [3.63, 3.8) is 0 Å². The number of nitrogens with zero attached hydrogens (tertiary/aromatic N) is 2. The van der Waals surface area contributed by atoms with E-state index in [2.05, 4.69) is 85.3 Å². The molecule has 5 heteroatoms. The van der Waals surface area contributed by atoms with Crippen molar-refractivity contribution in [2.45, 2.75) is 44.8 Å². The van der Waals surface area contributed by atoms with Crippen molar-refractivity contribution in [1.82, 2.24) is 9.99 Å². The number of hydrogen-bond donors (Lipinski definition) is 1. The Kier molecular flexibility index (Phi) is 6.60. The molecule has 150 valence electrons. The lowest BCUT2D eigenvalue weighted by Gasteiger charge is -2.10. The molecular weight excluding hydrogens is 378 g/mol. The zero-order valence-electron chi connectivity index (χ0n) is 17.6. The second-order valence-electron chi connectivity index (χ2n) is 7.30. The zero-order valence-corrected chi connectivity index (χ0v) is 18.4. The van der Waals surface area contributed by atoms with Crippen molar-refractivity contribution in [2.75, 3.05) is 0 Å². The van der Waals surface area contributed by atoms with Crippen LogP contribution in [0.5, 0.6) is 0 Å². The summed E-state index contributed by atoms with van der Waals surface area (Å²) in [6.45, 7) is 10.2. The maximum absolute atomic E-state index is 12.4. The lowest BCUT2D eigenvalue weighted by atomic mass is 10.2. The lowest BCUT2D eigenvalue weighted by molar-refractivity contribution is -0.120. The van der Waals surface area contributed by atoms with Crippen LogP contribution >= 0.6 is 11.8 Å². The Bertz CT molecular complexity index is 1020. The second kappa shape index (κ2) is 9.14. The highest BCUT2D eigenvalue weighted by Gasteiger charge is 2.14. The van der Waals surface area contributed by atoms with Gasteiger partial charge in [-0.3, -0.25) is 4.79 Å². The molecule has 0 saturated carbocycles. The van der Waals surface area contributed by atoms with Crippen LogP contribution in [-0.4, -0.2) is 21.9 Å². The number of aromatic nitrogens is 1. The number of benzene rings is 2. The molecule has 0 bridgehead atoms. The molecule has 0 aliphatic rings. The monoisotopic (exact) mass is 405 g/mol. The first-order valence-electron chi connectivity index (χ1n) is 9.67. The molecule has 0 aliphatic carbocycles. The first-order chi connectivity index (χ1) is 13.8. The van der Waals surface area contributed by atoms with Crippen molar-refractivity contribution < 1.29 is 4.79 Å². The van der Waals surface area contributed by atoms with Gasteiger partial charge in [0.1, 0.15) is 0 Å². The molecule has 1 N–H and O–H groups in total. The quantitative estimate of drug-likeness (QED) is 0.342. The minimum Gasteiger partial charge on any atom is -0.318 e. The Morgan fingerprint density at radius 2 is 1.59 bits per heavy atom. The Labute approximate surface area is 177 Å². The van der Waals surface area contributed by atoms with Gasteiger partial charge in [-0.05, 0) is 65.0 Å². The predicted molar refractivity (Wildman–Crippen MR) is 122 cm³/mol. The Hall–Kier alpha value is -2.79. The van der Waals surface area contributed by atoms with Gasteiger partial charge in [0.05, 0.1) is 11.5 Å². The Morgan fingerprint density at radius 3 is 2.21 bits per heavy atom. The lowest BCUT2D eigenvalue weighted by Crippen LogP contribution is -2.26. The minimum absolute atomic E-state index is 0.112. The van der Waals surface area contributed by atoms with Crippen molar-refractivity contribution in [2.24, 2.45) is 5.10 Å². The van der Waals surface area contributed by atoms with Crippen molar-refractivity contribution in [3.05, 3.63) is 82.7 Å². The van der Waals surface area contributed by atoms with Crippen LogP contribution in [0.25, 0.3) is 5.69 Å². The fourth-order valence-corrected chi connectivity index (χ4v) is 4.00. The molecule has 0 radical (unpaired) electrons. The standard InChI is InChI=1S/C24H27N3OS/c1-16-6-10-22(11-7-16)27-18(3)14-21(19(27)4)15-25-26-24(28)20(5)29-23-12-8-17(2)9-13-23/h6-15,20H,1-5H3,(H,26,28)/b25-15-/t20-/m0/s1.